The molecule has 162 valence electrons. The fraction of sp³-hybridized carbons (Fsp3) is 0.360. The van der Waals surface area contributed by atoms with Crippen LogP contribution >= 0.6 is 11.6 Å². The Labute approximate surface area is 187 Å². The summed E-state index contributed by atoms with van der Waals surface area (Å²) < 4.78 is 18.7. The summed E-state index contributed by atoms with van der Waals surface area (Å²) in [6, 6.07) is 14.7. The molecule has 1 unspecified atom stereocenters. The zero-order chi connectivity index (χ0) is 21.8. The maximum atomic E-state index is 13.3. The van der Waals surface area contributed by atoms with Gasteiger partial charge in [-0.3, -0.25) is 0 Å². The number of halogens is 2. The van der Waals surface area contributed by atoms with Crippen LogP contribution in [-0.4, -0.2) is 29.1 Å². The molecule has 0 spiro atoms. The minimum Gasteiger partial charge on any atom is -0.334 e. The van der Waals surface area contributed by atoms with Gasteiger partial charge in [0.25, 0.3) is 5.89 Å². The molecule has 0 aliphatic heterocycles. The SMILES string of the molecule is CN(C)C(c1ccc(F)cc1)C1CCC(/C=C/c2nc(-c3cccc(Cl)c3)no2)CC1. The van der Waals surface area contributed by atoms with Crippen LogP contribution in [0.4, 0.5) is 4.39 Å². The Kier molecular flexibility index (Phi) is 6.83. The van der Waals surface area contributed by atoms with Gasteiger partial charge in [0.1, 0.15) is 5.82 Å². The Hall–Kier alpha value is -2.50. The van der Waals surface area contributed by atoms with Crippen LogP contribution < -0.4 is 0 Å². The Morgan fingerprint density at radius 1 is 1.10 bits per heavy atom. The standard InChI is InChI=1S/C25H27ClFN3O/c1-30(2)24(19-11-13-22(27)14-12-19)18-9-6-17(7-10-18)8-15-23-28-25(29-31-23)20-4-3-5-21(26)16-20/h3-5,8,11-18,24H,6-7,9-10H2,1-2H3/b15-8+. The molecule has 1 heterocycles. The van der Waals surface area contributed by atoms with E-state index in [0.717, 1.165) is 31.2 Å². The van der Waals surface area contributed by atoms with Crippen molar-refractivity contribution in [2.75, 3.05) is 14.1 Å². The highest BCUT2D eigenvalue weighted by Crippen LogP contribution is 2.39. The van der Waals surface area contributed by atoms with Crippen LogP contribution in [0.2, 0.25) is 5.02 Å². The molecular formula is C25H27ClFN3O. The van der Waals surface area contributed by atoms with E-state index in [4.69, 9.17) is 16.1 Å². The Balaban J connectivity index is 1.36. The topological polar surface area (TPSA) is 42.2 Å². The molecule has 1 atom stereocenters. The van der Waals surface area contributed by atoms with Gasteiger partial charge in [0, 0.05) is 16.6 Å². The van der Waals surface area contributed by atoms with Gasteiger partial charge in [-0.15, -0.1) is 0 Å². The van der Waals surface area contributed by atoms with Crippen molar-refractivity contribution in [3.8, 4) is 11.4 Å². The lowest BCUT2D eigenvalue weighted by Gasteiger charge is -2.37. The van der Waals surface area contributed by atoms with Crippen molar-refractivity contribution in [1.29, 1.82) is 0 Å². The van der Waals surface area contributed by atoms with E-state index in [1.54, 1.807) is 12.1 Å². The molecule has 0 saturated heterocycles. The third-order valence-corrected chi connectivity index (χ3v) is 6.30. The minimum absolute atomic E-state index is 0.186. The number of hydrogen-bond donors (Lipinski definition) is 0. The van der Waals surface area contributed by atoms with E-state index < -0.39 is 0 Å². The summed E-state index contributed by atoms with van der Waals surface area (Å²) in [5.74, 6) is 1.92. The predicted molar refractivity (Wildman–Crippen MR) is 122 cm³/mol. The molecule has 0 amide bonds. The van der Waals surface area contributed by atoms with E-state index in [1.165, 1.54) is 5.56 Å². The number of nitrogens with zero attached hydrogens (tertiary/aromatic N) is 3. The first-order valence-electron chi connectivity index (χ1n) is 10.7. The molecule has 3 aromatic rings. The highest BCUT2D eigenvalue weighted by Gasteiger charge is 2.29. The molecule has 1 aromatic heterocycles. The van der Waals surface area contributed by atoms with E-state index in [0.29, 0.717) is 34.6 Å². The Morgan fingerprint density at radius 3 is 2.52 bits per heavy atom. The molecule has 1 aliphatic rings. The van der Waals surface area contributed by atoms with Crippen LogP contribution in [0.25, 0.3) is 17.5 Å². The minimum atomic E-state index is -0.186. The third kappa shape index (κ3) is 5.41. The Bertz CT molecular complexity index is 1020. The van der Waals surface area contributed by atoms with Crippen molar-refractivity contribution in [2.24, 2.45) is 11.8 Å². The van der Waals surface area contributed by atoms with Gasteiger partial charge in [-0.25, -0.2) is 4.39 Å². The zero-order valence-electron chi connectivity index (χ0n) is 17.8. The van der Waals surface area contributed by atoms with Gasteiger partial charge in [0.15, 0.2) is 0 Å². The summed E-state index contributed by atoms with van der Waals surface area (Å²) >= 11 is 6.04. The third-order valence-electron chi connectivity index (χ3n) is 6.07. The number of rotatable bonds is 6. The normalized spacial score (nSPS) is 20.4. The maximum absolute atomic E-state index is 13.3. The van der Waals surface area contributed by atoms with Gasteiger partial charge in [-0.1, -0.05) is 47.1 Å². The van der Waals surface area contributed by atoms with Crippen molar-refractivity contribution < 1.29 is 8.91 Å². The number of aromatic nitrogens is 2. The van der Waals surface area contributed by atoms with Gasteiger partial charge in [-0.05, 0) is 87.5 Å². The van der Waals surface area contributed by atoms with Gasteiger partial charge < -0.3 is 9.42 Å². The molecule has 0 N–H and O–H groups in total. The van der Waals surface area contributed by atoms with Gasteiger partial charge in [-0.2, -0.15) is 4.98 Å². The summed E-state index contributed by atoms with van der Waals surface area (Å²) in [5, 5.41) is 4.70. The lowest BCUT2D eigenvalue weighted by Crippen LogP contribution is -2.30. The lowest BCUT2D eigenvalue weighted by atomic mass is 9.76. The van der Waals surface area contributed by atoms with E-state index in [2.05, 4.69) is 35.2 Å². The lowest BCUT2D eigenvalue weighted by molar-refractivity contribution is 0.159. The molecule has 31 heavy (non-hydrogen) atoms. The average molecular weight is 440 g/mol. The van der Waals surface area contributed by atoms with Crippen molar-refractivity contribution in [3.63, 3.8) is 0 Å². The Morgan fingerprint density at radius 2 is 1.84 bits per heavy atom. The first-order chi connectivity index (χ1) is 15.0. The number of allylic oxidation sites excluding steroid dienone is 1. The smallest absolute Gasteiger partial charge is 0.250 e. The molecule has 1 saturated carbocycles. The average Bonchev–Trinajstić information content (AvgIpc) is 3.24. The van der Waals surface area contributed by atoms with Gasteiger partial charge >= 0.3 is 0 Å². The van der Waals surface area contributed by atoms with Crippen LogP contribution in [0, 0.1) is 17.7 Å². The summed E-state index contributed by atoms with van der Waals surface area (Å²) in [6.07, 6.45) is 8.60. The van der Waals surface area contributed by atoms with Crippen LogP contribution in [0.5, 0.6) is 0 Å². The van der Waals surface area contributed by atoms with Crippen molar-refractivity contribution in [3.05, 3.63) is 76.9 Å². The first-order valence-corrected chi connectivity index (χ1v) is 11.1. The summed E-state index contributed by atoms with van der Waals surface area (Å²) in [4.78, 5) is 6.71. The van der Waals surface area contributed by atoms with Gasteiger partial charge in [0.05, 0.1) is 0 Å². The maximum Gasteiger partial charge on any atom is 0.250 e. The number of hydrogen-bond acceptors (Lipinski definition) is 4. The van der Waals surface area contributed by atoms with Crippen molar-refractivity contribution >= 4 is 17.7 Å². The molecule has 2 aromatic carbocycles. The first kappa shape index (κ1) is 21.7. The summed E-state index contributed by atoms with van der Waals surface area (Å²) in [5.41, 5.74) is 2.02. The van der Waals surface area contributed by atoms with Crippen molar-refractivity contribution in [1.82, 2.24) is 15.0 Å². The van der Waals surface area contributed by atoms with Gasteiger partial charge in [0.2, 0.25) is 5.82 Å². The second kappa shape index (κ2) is 9.75. The molecule has 1 fully saturated rings. The zero-order valence-corrected chi connectivity index (χ0v) is 18.6. The van der Waals surface area contributed by atoms with E-state index >= 15 is 0 Å². The monoisotopic (exact) mass is 439 g/mol. The molecule has 1 aliphatic carbocycles. The summed E-state index contributed by atoms with van der Waals surface area (Å²) in [7, 11) is 4.21. The summed E-state index contributed by atoms with van der Waals surface area (Å²) in [6.45, 7) is 0. The van der Waals surface area contributed by atoms with E-state index in [1.807, 2.05) is 42.5 Å². The molecule has 0 radical (unpaired) electrons. The predicted octanol–water partition coefficient (Wildman–Crippen LogP) is 6.65. The molecular weight excluding hydrogens is 413 g/mol. The van der Waals surface area contributed by atoms with E-state index in [9.17, 15) is 4.39 Å². The highest BCUT2D eigenvalue weighted by molar-refractivity contribution is 6.30. The number of benzene rings is 2. The quantitative estimate of drug-likeness (QED) is 0.431. The van der Waals surface area contributed by atoms with E-state index in [-0.39, 0.29) is 5.82 Å². The molecule has 4 nitrogen and oxygen atoms in total. The highest BCUT2D eigenvalue weighted by atomic mass is 35.5. The second-order valence-corrected chi connectivity index (χ2v) is 8.90. The van der Waals surface area contributed by atoms with Crippen molar-refractivity contribution in [2.45, 2.75) is 31.7 Å². The molecule has 6 heteroatoms. The fourth-order valence-corrected chi connectivity index (χ4v) is 4.76. The second-order valence-electron chi connectivity index (χ2n) is 8.46. The van der Waals surface area contributed by atoms with Crippen LogP contribution in [0.3, 0.4) is 0 Å². The van der Waals surface area contributed by atoms with Crippen LogP contribution in [0.1, 0.15) is 43.2 Å². The largest absolute Gasteiger partial charge is 0.334 e. The fourth-order valence-electron chi connectivity index (χ4n) is 4.57. The van der Waals surface area contributed by atoms with Crippen LogP contribution in [0.15, 0.2) is 59.1 Å². The molecule has 0 bridgehead atoms. The van der Waals surface area contributed by atoms with Crippen LogP contribution in [-0.2, 0) is 0 Å². The molecule has 4 rings (SSSR count).